The van der Waals surface area contributed by atoms with E-state index >= 15 is 0 Å². The summed E-state index contributed by atoms with van der Waals surface area (Å²) in [6.45, 7) is 9.59. The highest BCUT2D eigenvalue weighted by molar-refractivity contribution is 7.70. The van der Waals surface area contributed by atoms with Crippen LogP contribution in [0.25, 0.3) is 11.0 Å². The summed E-state index contributed by atoms with van der Waals surface area (Å²) in [5.74, 6) is 2.53. The van der Waals surface area contributed by atoms with Gasteiger partial charge in [-0.1, -0.05) is 12.1 Å². The maximum atomic E-state index is 13.0. The Balaban J connectivity index is 1.14. The van der Waals surface area contributed by atoms with Crippen LogP contribution in [0.2, 0.25) is 0 Å². The molecule has 0 radical (unpaired) electrons. The van der Waals surface area contributed by atoms with Crippen LogP contribution in [-0.2, 0) is 4.57 Å². The molecule has 3 aliphatic heterocycles. The number of likely N-dealkylation sites (tertiary alicyclic amines) is 1. The van der Waals surface area contributed by atoms with Gasteiger partial charge in [-0.15, -0.1) is 0 Å². The summed E-state index contributed by atoms with van der Waals surface area (Å²) in [6, 6.07) is 14.6. The molecule has 232 valence electrons. The van der Waals surface area contributed by atoms with E-state index in [-0.39, 0.29) is 0 Å². The van der Waals surface area contributed by atoms with Crippen molar-refractivity contribution in [3.05, 3.63) is 48.7 Å². The van der Waals surface area contributed by atoms with Gasteiger partial charge < -0.3 is 39.5 Å². The predicted octanol–water partition coefficient (Wildman–Crippen LogP) is 4.68. The largest absolute Gasteiger partial charge is 0.494 e. The van der Waals surface area contributed by atoms with Crippen LogP contribution in [-0.4, -0.2) is 104 Å². The van der Waals surface area contributed by atoms with Crippen molar-refractivity contribution in [3.8, 4) is 11.5 Å². The number of fused-ring (bicyclic) bond motifs is 4. The number of H-pyrrole nitrogens is 1. The van der Waals surface area contributed by atoms with Gasteiger partial charge in [0.1, 0.15) is 36.7 Å². The average Bonchev–Trinajstić information content (AvgIpc) is 3.50. The third-order valence-electron chi connectivity index (χ3n) is 9.14. The van der Waals surface area contributed by atoms with Crippen molar-refractivity contribution in [2.75, 3.05) is 82.4 Å². The molecule has 7 rings (SSSR count). The number of nitrogens with one attached hydrogen (secondary N) is 3. The van der Waals surface area contributed by atoms with Gasteiger partial charge in [0, 0.05) is 49.3 Å². The summed E-state index contributed by atoms with van der Waals surface area (Å²) in [5.41, 5.74) is 3.23. The summed E-state index contributed by atoms with van der Waals surface area (Å²) in [6.07, 6.45) is 4.31. The molecule has 12 heteroatoms. The van der Waals surface area contributed by atoms with Crippen LogP contribution < -0.4 is 30.3 Å². The molecule has 2 saturated heterocycles. The number of ether oxygens (including phenoxy) is 2. The summed E-state index contributed by atoms with van der Waals surface area (Å²) in [4.78, 5) is 20.4. The quantitative estimate of drug-likeness (QED) is 0.253. The van der Waals surface area contributed by atoms with Crippen molar-refractivity contribution in [1.82, 2.24) is 24.8 Å². The van der Waals surface area contributed by atoms with Gasteiger partial charge in [0.2, 0.25) is 5.95 Å². The van der Waals surface area contributed by atoms with Crippen LogP contribution in [0.4, 0.5) is 28.8 Å². The van der Waals surface area contributed by atoms with Crippen molar-refractivity contribution in [2.24, 2.45) is 0 Å². The smallest absolute Gasteiger partial charge is 0.231 e. The fourth-order valence-corrected chi connectivity index (χ4v) is 7.92. The Morgan fingerprint density at radius 1 is 1.00 bits per heavy atom. The van der Waals surface area contributed by atoms with Gasteiger partial charge >= 0.3 is 0 Å². The fraction of sp³-hybridized carbons (Fsp3) is 0.438. The number of para-hydroxylation sites is 1. The maximum Gasteiger partial charge on any atom is 0.231 e. The van der Waals surface area contributed by atoms with Crippen LogP contribution in [0.5, 0.6) is 11.5 Å². The van der Waals surface area contributed by atoms with Gasteiger partial charge in [0.25, 0.3) is 0 Å². The van der Waals surface area contributed by atoms with Gasteiger partial charge in [0.05, 0.1) is 35.6 Å². The minimum Gasteiger partial charge on any atom is -0.494 e. The van der Waals surface area contributed by atoms with Gasteiger partial charge in [-0.05, 0) is 64.5 Å². The zero-order valence-electron chi connectivity index (χ0n) is 25.8. The lowest BCUT2D eigenvalue weighted by Gasteiger charge is -2.49. The van der Waals surface area contributed by atoms with Gasteiger partial charge in [-0.25, -0.2) is 0 Å². The van der Waals surface area contributed by atoms with Crippen LogP contribution in [0.1, 0.15) is 12.8 Å². The Kier molecular flexibility index (Phi) is 7.64. The number of methoxy groups -OCH3 is 1. The van der Waals surface area contributed by atoms with Gasteiger partial charge in [-0.3, -0.25) is 4.90 Å². The molecule has 2 aromatic carbocycles. The van der Waals surface area contributed by atoms with E-state index in [9.17, 15) is 4.57 Å². The molecule has 2 fully saturated rings. The molecule has 2 aromatic heterocycles. The molecule has 0 amide bonds. The molecule has 3 N–H and O–H groups in total. The standard InChI is InChI=1S/C32H41N8O3P/c1-38-13-10-21(11-14-38)39-15-16-40-22(19-39)20-43-28-17-25(27(42-2)18-26(28)40)35-32-36-30-23(9-12-33-30)31(37-32)34-24-7-5-6-8-29(24)44(3,4)41/h5-9,12,17-18,21-22H,10-11,13-16,19-20H2,1-4H3,(H3,33,34,35,36,37)/t22-/m0/s1. The number of anilines is 5. The van der Waals surface area contributed by atoms with Crippen molar-refractivity contribution < 1.29 is 14.0 Å². The number of benzene rings is 2. The van der Waals surface area contributed by atoms with E-state index in [4.69, 9.17) is 19.4 Å². The molecule has 5 heterocycles. The van der Waals surface area contributed by atoms with Crippen LogP contribution >= 0.6 is 7.14 Å². The number of piperazine rings is 1. The first-order valence-corrected chi connectivity index (χ1v) is 17.9. The summed E-state index contributed by atoms with van der Waals surface area (Å²) in [7, 11) is 1.38. The maximum absolute atomic E-state index is 13.0. The fourth-order valence-electron chi connectivity index (χ4n) is 6.76. The number of piperidine rings is 1. The van der Waals surface area contributed by atoms with Crippen molar-refractivity contribution in [2.45, 2.75) is 24.9 Å². The summed E-state index contributed by atoms with van der Waals surface area (Å²) < 4.78 is 25.2. The van der Waals surface area contributed by atoms with E-state index in [2.05, 4.69) is 43.4 Å². The summed E-state index contributed by atoms with van der Waals surface area (Å²) >= 11 is 0. The second kappa shape index (κ2) is 11.6. The topological polar surface area (TPSA) is 111 Å². The number of aromatic amines is 1. The predicted molar refractivity (Wildman–Crippen MR) is 178 cm³/mol. The lowest BCUT2D eigenvalue weighted by atomic mass is 10.00. The highest BCUT2D eigenvalue weighted by atomic mass is 31.2. The Bertz CT molecular complexity index is 1710. The first-order chi connectivity index (χ1) is 21.3. The molecule has 0 bridgehead atoms. The SMILES string of the molecule is COc1cc2c(cc1Nc1nc(Nc3ccccc3P(C)(C)=O)c3cc[nH]c3n1)OC[C@@H]1CN(C3CCN(C)CC3)CCN21. The second-order valence-electron chi connectivity index (χ2n) is 12.5. The Hall–Kier alpha value is -3.79. The lowest BCUT2D eigenvalue weighted by Crippen LogP contribution is -2.60. The number of nitrogens with zero attached hydrogens (tertiary/aromatic N) is 5. The molecule has 11 nitrogen and oxygen atoms in total. The number of rotatable bonds is 7. The molecule has 44 heavy (non-hydrogen) atoms. The average molecular weight is 617 g/mol. The zero-order valence-corrected chi connectivity index (χ0v) is 26.7. The first-order valence-electron chi connectivity index (χ1n) is 15.3. The molecule has 4 aromatic rings. The van der Waals surface area contributed by atoms with Gasteiger partial charge in [-0.2, -0.15) is 9.97 Å². The minimum atomic E-state index is -2.52. The molecular weight excluding hydrogens is 575 g/mol. The monoisotopic (exact) mass is 616 g/mol. The third-order valence-corrected chi connectivity index (χ3v) is 10.7. The third kappa shape index (κ3) is 5.60. The van der Waals surface area contributed by atoms with Crippen molar-refractivity contribution >= 4 is 52.3 Å². The number of hydrogen-bond acceptors (Lipinski definition) is 10. The van der Waals surface area contributed by atoms with E-state index in [1.165, 1.54) is 25.9 Å². The molecular formula is C32H41N8O3P. The lowest BCUT2D eigenvalue weighted by molar-refractivity contribution is 0.0868. The first kappa shape index (κ1) is 29.0. The summed E-state index contributed by atoms with van der Waals surface area (Å²) in [5, 5.41) is 8.41. The molecule has 0 saturated carbocycles. The van der Waals surface area contributed by atoms with Crippen LogP contribution in [0, 0.1) is 0 Å². The normalized spacial score (nSPS) is 19.7. The Morgan fingerprint density at radius 3 is 2.61 bits per heavy atom. The molecule has 0 unspecified atom stereocenters. The van der Waals surface area contributed by atoms with Crippen LogP contribution in [0.3, 0.4) is 0 Å². The van der Waals surface area contributed by atoms with E-state index in [1.807, 2.05) is 42.6 Å². The van der Waals surface area contributed by atoms with E-state index in [0.717, 1.165) is 53.1 Å². The number of aromatic nitrogens is 3. The highest BCUT2D eigenvalue weighted by Crippen LogP contribution is 2.44. The van der Waals surface area contributed by atoms with E-state index in [0.29, 0.717) is 41.9 Å². The highest BCUT2D eigenvalue weighted by Gasteiger charge is 2.36. The van der Waals surface area contributed by atoms with Crippen molar-refractivity contribution in [1.29, 1.82) is 0 Å². The van der Waals surface area contributed by atoms with E-state index < -0.39 is 7.14 Å². The van der Waals surface area contributed by atoms with Crippen LogP contribution in [0.15, 0.2) is 48.7 Å². The molecule has 0 spiro atoms. The molecule has 3 aliphatic rings. The second-order valence-corrected chi connectivity index (χ2v) is 15.6. The number of hydrogen-bond donors (Lipinski definition) is 3. The van der Waals surface area contributed by atoms with E-state index in [1.54, 1.807) is 20.4 Å². The Morgan fingerprint density at radius 2 is 1.82 bits per heavy atom. The molecule has 1 atom stereocenters. The zero-order chi connectivity index (χ0) is 30.4. The minimum absolute atomic E-state index is 0.316. The van der Waals surface area contributed by atoms with Gasteiger partial charge in [0.15, 0.2) is 0 Å². The van der Waals surface area contributed by atoms with Crippen molar-refractivity contribution in [3.63, 3.8) is 0 Å². The Labute approximate surface area is 258 Å². The molecule has 0 aliphatic carbocycles.